The summed E-state index contributed by atoms with van der Waals surface area (Å²) < 4.78 is 0. The van der Waals surface area contributed by atoms with Crippen LogP contribution in [0.2, 0.25) is 0 Å². The predicted molar refractivity (Wildman–Crippen MR) is 43.3 cm³/mol. The van der Waals surface area contributed by atoms with E-state index in [4.69, 9.17) is 0 Å². The van der Waals surface area contributed by atoms with Gasteiger partial charge in [0.15, 0.2) is 0 Å². The third-order valence-corrected chi connectivity index (χ3v) is 1.62. The number of allylic oxidation sites excluding steroid dienone is 2. The smallest absolute Gasteiger partial charge is 0.0605 e. The minimum atomic E-state index is 0.486. The fourth-order valence-corrected chi connectivity index (χ4v) is 1.08. The molecule has 0 bridgehead atoms. The summed E-state index contributed by atoms with van der Waals surface area (Å²) in [5.74, 6) is 0. The highest BCUT2D eigenvalue weighted by atomic mass is 15.6. The van der Waals surface area contributed by atoms with E-state index in [0.717, 1.165) is 0 Å². The molecule has 1 rings (SSSR count). The van der Waals surface area contributed by atoms with E-state index in [-0.39, 0.29) is 0 Å². The summed E-state index contributed by atoms with van der Waals surface area (Å²) >= 11 is 0. The van der Waals surface area contributed by atoms with Gasteiger partial charge in [-0.15, -0.1) is 0 Å². The van der Waals surface area contributed by atoms with Gasteiger partial charge < -0.3 is 5.01 Å². The molecule has 0 aliphatic carbocycles. The quantitative estimate of drug-likeness (QED) is 0.538. The third-order valence-electron chi connectivity index (χ3n) is 1.62. The van der Waals surface area contributed by atoms with Crippen LogP contribution in [0.4, 0.5) is 0 Å². The Morgan fingerprint density at radius 1 is 1.30 bits per heavy atom. The van der Waals surface area contributed by atoms with Crippen molar-refractivity contribution >= 4 is 0 Å². The second-order valence-electron chi connectivity index (χ2n) is 2.69. The Morgan fingerprint density at radius 3 is 2.40 bits per heavy atom. The molecule has 10 heavy (non-hydrogen) atoms. The summed E-state index contributed by atoms with van der Waals surface area (Å²) in [6.07, 6.45) is 8.36. The zero-order valence-electron chi connectivity index (χ0n) is 6.78. The lowest BCUT2D eigenvalue weighted by Gasteiger charge is -2.33. The van der Waals surface area contributed by atoms with E-state index in [1.54, 1.807) is 0 Å². The van der Waals surface area contributed by atoms with Crippen LogP contribution in [-0.2, 0) is 0 Å². The number of nitrogens with zero attached hydrogens (tertiary/aromatic N) is 2. The zero-order valence-corrected chi connectivity index (χ0v) is 6.78. The van der Waals surface area contributed by atoms with Crippen molar-refractivity contribution in [3.05, 3.63) is 24.4 Å². The van der Waals surface area contributed by atoms with Crippen molar-refractivity contribution < 1.29 is 0 Å². The molecule has 0 saturated carbocycles. The summed E-state index contributed by atoms with van der Waals surface area (Å²) in [5, 5.41) is 4.24. The molecule has 0 radical (unpaired) electrons. The van der Waals surface area contributed by atoms with Gasteiger partial charge in [0.25, 0.3) is 0 Å². The van der Waals surface area contributed by atoms with Crippen LogP contribution in [0.5, 0.6) is 0 Å². The Morgan fingerprint density at radius 2 is 2.00 bits per heavy atom. The molecule has 0 aromatic rings. The molecule has 1 aliphatic rings. The maximum absolute atomic E-state index is 2.17. The Kier molecular flexibility index (Phi) is 2.12. The van der Waals surface area contributed by atoms with Crippen molar-refractivity contribution in [1.82, 2.24) is 10.0 Å². The second kappa shape index (κ2) is 2.88. The van der Waals surface area contributed by atoms with Crippen LogP contribution >= 0.6 is 0 Å². The average Bonchev–Trinajstić information content (AvgIpc) is 1.88. The van der Waals surface area contributed by atoms with Gasteiger partial charge in [0.1, 0.15) is 0 Å². The highest BCUT2D eigenvalue weighted by Gasteiger charge is 2.09. The largest absolute Gasteiger partial charge is 0.307 e. The van der Waals surface area contributed by atoms with Gasteiger partial charge in [0.2, 0.25) is 0 Å². The lowest BCUT2D eigenvalue weighted by molar-refractivity contribution is 0.0594. The molecule has 0 spiro atoms. The number of hydrogen-bond acceptors (Lipinski definition) is 2. The average molecular weight is 138 g/mol. The molecule has 0 aromatic carbocycles. The minimum Gasteiger partial charge on any atom is -0.307 e. The highest BCUT2D eigenvalue weighted by molar-refractivity contribution is 5.11. The molecule has 1 atom stereocenters. The minimum absolute atomic E-state index is 0.486. The summed E-state index contributed by atoms with van der Waals surface area (Å²) in [6.45, 7) is 2.17. The fraction of sp³-hybridized carbons (Fsp3) is 0.500. The van der Waals surface area contributed by atoms with Gasteiger partial charge in [0, 0.05) is 20.3 Å². The van der Waals surface area contributed by atoms with Gasteiger partial charge in [-0.2, -0.15) is 0 Å². The number of hydrazine groups is 1. The molecule has 2 heteroatoms. The van der Waals surface area contributed by atoms with E-state index in [1.807, 2.05) is 20.2 Å². The van der Waals surface area contributed by atoms with E-state index in [1.165, 1.54) is 0 Å². The Balaban J connectivity index is 2.61. The number of hydrogen-bond donors (Lipinski definition) is 0. The fourth-order valence-electron chi connectivity index (χ4n) is 1.08. The van der Waals surface area contributed by atoms with Crippen LogP contribution in [0.1, 0.15) is 6.92 Å². The lowest BCUT2D eigenvalue weighted by Crippen LogP contribution is -2.39. The lowest BCUT2D eigenvalue weighted by atomic mass is 10.2. The molecule has 0 amide bonds. The topological polar surface area (TPSA) is 6.48 Å². The van der Waals surface area contributed by atoms with Crippen molar-refractivity contribution in [2.24, 2.45) is 0 Å². The molecule has 1 heterocycles. The first-order valence-corrected chi connectivity index (χ1v) is 3.52. The molecule has 56 valence electrons. The summed E-state index contributed by atoms with van der Waals surface area (Å²) in [4.78, 5) is 0. The SMILES string of the molecule is CC1C=CC=CN1N(C)C. The second-order valence-corrected chi connectivity index (χ2v) is 2.69. The molecule has 0 saturated heterocycles. The molecule has 0 N–H and O–H groups in total. The van der Waals surface area contributed by atoms with Crippen LogP contribution in [0.3, 0.4) is 0 Å². The van der Waals surface area contributed by atoms with E-state index in [2.05, 4.69) is 35.3 Å². The Hall–Kier alpha value is -0.760. The van der Waals surface area contributed by atoms with Crippen molar-refractivity contribution in [3.8, 4) is 0 Å². The van der Waals surface area contributed by atoms with Crippen LogP contribution in [-0.4, -0.2) is 30.2 Å². The first kappa shape index (κ1) is 7.35. The van der Waals surface area contributed by atoms with Crippen molar-refractivity contribution in [3.63, 3.8) is 0 Å². The van der Waals surface area contributed by atoms with Gasteiger partial charge in [-0.3, -0.25) is 0 Å². The predicted octanol–water partition coefficient (Wildman–Crippen LogP) is 1.24. The maximum atomic E-state index is 2.17. The van der Waals surface area contributed by atoms with Gasteiger partial charge in [0.05, 0.1) is 6.04 Å². The molecule has 2 nitrogen and oxygen atoms in total. The van der Waals surface area contributed by atoms with Gasteiger partial charge in [-0.05, 0) is 13.0 Å². The Bertz CT molecular complexity index is 159. The molecule has 1 unspecified atom stereocenters. The van der Waals surface area contributed by atoms with Crippen LogP contribution in [0.15, 0.2) is 24.4 Å². The summed E-state index contributed by atoms with van der Waals surface area (Å²) in [6, 6.07) is 0.486. The normalized spacial score (nSPS) is 24.4. The first-order valence-electron chi connectivity index (χ1n) is 3.52. The molecular weight excluding hydrogens is 124 g/mol. The molecule has 0 aromatic heterocycles. The van der Waals surface area contributed by atoms with Gasteiger partial charge in [-0.1, -0.05) is 12.2 Å². The van der Waals surface area contributed by atoms with E-state index >= 15 is 0 Å². The Labute approximate surface area is 62.4 Å². The first-order chi connectivity index (χ1) is 4.72. The summed E-state index contributed by atoms with van der Waals surface area (Å²) in [5.41, 5.74) is 0. The zero-order chi connectivity index (χ0) is 7.56. The van der Waals surface area contributed by atoms with E-state index in [9.17, 15) is 0 Å². The highest BCUT2D eigenvalue weighted by Crippen LogP contribution is 2.07. The van der Waals surface area contributed by atoms with E-state index < -0.39 is 0 Å². The third kappa shape index (κ3) is 1.39. The van der Waals surface area contributed by atoms with Gasteiger partial charge >= 0.3 is 0 Å². The maximum Gasteiger partial charge on any atom is 0.0605 e. The van der Waals surface area contributed by atoms with Crippen molar-refractivity contribution in [1.29, 1.82) is 0 Å². The van der Waals surface area contributed by atoms with Crippen LogP contribution in [0.25, 0.3) is 0 Å². The molecule has 1 aliphatic heterocycles. The molecule has 0 fully saturated rings. The number of rotatable bonds is 1. The summed E-state index contributed by atoms with van der Waals surface area (Å²) in [7, 11) is 4.08. The van der Waals surface area contributed by atoms with Crippen LogP contribution in [0, 0.1) is 0 Å². The van der Waals surface area contributed by atoms with Crippen LogP contribution < -0.4 is 0 Å². The molecular formula is C8H14N2. The van der Waals surface area contributed by atoms with E-state index in [0.29, 0.717) is 6.04 Å². The standard InChI is InChI=1S/C8H14N2/c1-8-6-4-5-7-10(8)9(2)3/h4-8H,1-3H3. The van der Waals surface area contributed by atoms with Gasteiger partial charge in [-0.25, -0.2) is 5.01 Å². The van der Waals surface area contributed by atoms with Crippen molar-refractivity contribution in [2.75, 3.05) is 14.1 Å². The van der Waals surface area contributed by atoms with Crippen molar-refractivity contribution in [2.45, 2.75) is 13.0 Å². The monoisotopic (exact) mass is 138 g/mol.